The number of thioether (sulfide) groups is 1. The van der Waals surface area contributed by atoms with E-state index in [-0.39, 0.29) is 44.9 Å². The van der Waals surface area contributed by atoms with E-state index in [9.17, 15) is 24.3 Å². The molecule has 0 bridgehead atoms. The van der Waals surface area contributed by atoms with Gasteiger partial charge in [-0.3, -0.25) is 14.5 Å². The average molecular weight is 608 g/mol. The van der Waals surface area contributed by atoms with Crippen molar-refractivity contribution in [1.82, 2.24) is 40.5 Å². The maximum atomic E-state index is 13.1. The molecular formula is C19H17N11O7S3. The van der Waals surface area contributed by atoms with Gasteiger partial charge >= 0.3 is 11.9 Å². The number of carbonyl (C=O) groups excluding carboxylic acids is 2. The van der Waals surface area contributed by atoms with Gasteiger partial charge in [-0.2, -0.15) is 17.7 Å². The molecule has 3 atom stereocenters. The average Bonchev–Trinajstić information content (AvgIpc) is 3.57. The van der Waals surface area contributed by atoms with Crippen LogP contribution in [0.25, 0.3) is 5.65 Å². The molecule has 0 spiro atoms. The van der Waals surface area contributed by atoms with Crippen molar-refractivity contribution in [2.45, 2.75) is 16.7 Å². The summed E-state index contributed by atoms with van der Waals surface area (Å²) in [5, 5.41) is 39.9. The maximum Gasteiger partial charge on any atom is 0.352 e. The molecule has 3 aromatic heterocycles. The first kappa shape index (κ1) is 27.1. The predicted octanol–water partition coefficient (Wildman–Crippen LogP) is -1.64. The number of hydrogen-bond donors (Lipinski definition) is 6. The molecule has 40 heavy (non-hydrogen) atoms. The van der Waals surface area contributed by atoms with Gasteiger partial charge in [-0.25, -0.2) is 14.6 Å². The van der Waals surface area contributed by atoms with Gasteiger partial charge in [0.05, 0.1) is 16.6 Å². The minimum absolute atomic E-state index is 0.00274. The smallest absolute Gasteiger partial charge is 0.352 e. The highest BCUT2D eigenvalue weighted by atomic mass is 32.2. The van der Waals surface area contributed by atoms with E-state index in [4.69, 9.17) is 21.4 Å². The largest absolute Gasteiger partial charge is 0.479 e. The molecule has 0 saturated carbocycles. The first-order valence-corrected chi connectivity index (χ1v) is 13.4. The number of thiol groups is 1. The van der Waals surface area contributed by atoms with Gasteiger partial charge in [0.2, 0.25) is 12.3 Å². The summed E-state index contributed by atoms with van der Waals surface area (Å²) in [7, 11) is 0. The number of thiazole rings is 1. The number of nitrogens with one attached hydrogen (secondary N) is 1. The molecule has 2 aliphatic heterocycles. The lowest BCUT2D eigenvalue weighted by Crippen LogP contribution is -2.71. The summed E-state index contributed by atoms with van der Waals surface area (Å²) in [5.74, 6) is -4.18. The third-order valence-electron chi connectivity index (χ3n) is 5.65. The van der Waals surface area contributed by atoms with Gasteiger partial charge in [0.1, 0.15) is 22.8 Å². The summed E-state index contributed by atoms with van der Waals surface area (Å²) < 4.78 is 1.09. The van der Waals surface area contributed by atoms with Crippen LogP contribution < -0.4 is 16.8 Å². The topological polar surface area (TPSA) is 266 Å². The molecule has 208 valence electrons. The third kappa shape index (κ3) is 4.84. The van der Waals surface area contributed by atoms with Crippen molar-refractivity contribution in [2.75, 3.05) is 23.8 Å². The quantitative estimate of drug-likeness (QED) is 0.0689. The molecule has 2 aliphatic rings. The number of nitrogens with two attached hydrogens (primary N) is 2. The Hall–Kier alpha value is -4.50. The summed E-state index contributed by atoms with van der Waals surface area (Å²) >= 11 is 6.76. The monoisotopic (exact) mass is 607 g/mol. The number of amides is 2. The number of aliphatic carboxylic acids is 2. The molecule has 18 nitrogen and oxygen atoms in total. The Morgan fingerprint density at radius 3 is 2.77 bits per heavy atom. The SMILES string of the molecule is Nc1nc(/C(=N\OCC(=O)O)C(=O)NC2C(=O)N3C(C(=O)O)=C(C(S)c4cc(N)c5nnnn5n4)CSC23)cs1. The van der Waals surface area contributed by atoms with Crippen molar-refractivity contribution in [1.29, 1.82) is 0 Å². The van der Waals surface area contributed by atoms with Crippen LogP contribution in [0.4, 0.5) is 10.8 Å². The number of β-lactam (4-membered cyclic amide) rings is 1. The van der Waals surface area contributed by atoms with E-state index in [2.05, 4.69) is 48.7 Å². The lowest BCUT2D eigenvalue weighted by atomic mass is 10.00. The highest BCUT2D eigenvalue weighted by Gasteiger charge is 2.55. The van der Waals surface area contributed by atoms with Gasteiger partial charge in [0.25, 0.3) is 11.8 Å². The van der Waals surface area contributed by atoms with E-state index in [1.54, 1.807) is 0 Å². The zero-order chi connectivity index (χ0) is 28.7. The molecule has 0 radical (unpaired) electrons. The van der Waals surface area contributed by atoms with Crippen LogP contribution >= 0.6 is 35.7 Å². The van der Waals surface area contributed by atoms with Crippen LogP contribution in [-0.4, -0.2) is 98.6 Å². The van der Waals surface area contributed by atoms with Crippen molar-refractivity contribution in [3.05, 3.63) is 34.1 Å². The first-order chi connectivity index (χ1) is 19.1. The fourth-order valence-corrected chi connectivity index (χ4v) is 6.31. The summed E-state index contributed by atoms with van der Waals surface area (Å²) in [6.45, 7) is -0.827. The molecule has 21 heteroatoms. The molecule has 2 amide bonds. The van der Waals surface area contributed by atoms with Crippen LogP contribution in [-0.2, 0) is 24.0 Å². The molecular weight excluding hydrogens is 590 g/mol. The second kappa shape index (κ2) is 10.6. The fourth-order valence-electron chi connectivity index (χ4n) is 3.91. The van der Waals surface area contributed by atoms with Crippen molar-refractivity contribution in [3.63, 3.8) is 0 Å². The van der Waals surface area contributed by atoms with Gasteiger partial charge in [0.15, 0.2) is 10.8 Å². The zero-order valence-corrected chi connectivity index (χ0v) is 22.3. The Kier molecular flexibility index (Phi) is 7.16. The summed E-state index contributed by atoms with van der Waals surface area (Å²) in [4.78, 5) is 59.0. The molecule has 1 saturated heterocycles. The summed E-state index contributed by atoms with van der Waals surface area (Å²) in [6.07, 6.45) is 0. The molecule has 0 aromatic carbocycles. The van der Waals surface area contributed by atoms with Crippen LogP contribution in [0.1, 0.15) is 16.6 Å². The second-order valence-electron chi connectivity index (χ2n) is 8.14. The van der Waals surface area contributed by atoms with Crippen LogP contribution in [0.15, 0.2) is 27.9 Å². The fraction of sp³-hybridized carbons (Fsp3) is 0.263. The first-order valence-electron chi connectivity index (χ1n) is 10.9. The number of fused-ring (bicyclic) bond motifs is 2. The number of nitrogens with zero attached hydrogens (tertiary/aromatic N) is 8. The number of aromatic nitrogens is 6. The lowest BCUT2D eigenvalue weighted by molar-refractivity contribution is -0.150. The van der Waals surface area contributed by atoms with Crippen LogP contribution in [0.3, 0.4) is 0 Å². The van der Waals surface area contributed by atoms with Crippen molar-refractivity contribution in [2.24, 2.45) is 5.16 Å². The minimum atomic E-state index is -1.38. The number of carboxylic acids is 2. The minimum Gasteiger partial charge on any atom is -0.479 e. The number of tetrazole rings is 1. The van der Waals surface area contributed by atoms with Gasteiger partial charge in [-0.15, -0.1) is 32.8 Å². The molecule has 5 rings (SSSR count). The Morgan fingerprint density at radius 2 is 2.10 bits per heavy atom. The van der Waals surface area contributed by atoms with E-state index < -0.39 is 52.7 Å². The molecule has 0 aliphatic carbocycles. The molecule has 1 fully saturated rings. The van der Waals surface area contributed by atoms with Gasteiger partial charge in [0, 0.05) is 11.1 Å². The normalized spacial score (nSPS) is 19.7. The number of nitrogen functional groups attached to an aromatic ring is 2. The highest BCUT2D eigenvalue weighted by Crippen LogP contribution is 2.45. The third-order valence-corrected chi connectivity index (χ3v) is 8.20. The van der Waals surface area contributed by atoms with Gasteiger partial charge in [-0.05, 0) is 22.1 Å². The Labute approximate surface area is 235 Å². The van der Waals surface area contributed by atoms with E-state index in [0.29, 0.717) is 0 Å². The molecule has 3 aromatic rings. The maximum absolute atomic E-state index is 13.1. The highest BCUT2D eigenvalue weighted by molar-refractivity contribution is 8.00. The predicted molar refractivity (Wildman–Crippen MR) is 141 cm³/mol. The number of carbonyl (C=O) groups is 4. The lowest BCUT2D eigenvalue weighted by Gasteiger charge is -2.49. The Bertz CT molecular complexity index is 1620. The van der Waals surface area contributed by atoms with Gasteiger partial charge < -0.3 is 31.8 Å². The Morgan fingerprint density at radius 1 is 1.32 bits per heavy atom. The van der Waals surface area contributed by atoms with E-state index in [0.717, 1.165) is 20.9 Å². The van der Waals surface area contributed by atoms with Crippen LogP contribution in [0.5, 0.6) is 0 Å². The van der Waals surface area contributed by atoms with Crippen molar-refractivity contribution < 1.29 is 34.2 Å². The molecule has 7 N–H and O–H groups in total. The zero-order valence-electron chi connectivity index (χ0n) is 19.7. The van der Waals surface area contributed by atoms with E-state index in [1.165, 1.54) is 23.2 Å². The summed E-state index contributed by atoms with van der Waals surface area (Å²) in [6, 6.07) is 0.338. The number of oxime groups is 1. The summed E-state index contributed by atoms with van der Waals surface area (Å²) in [5.41, 5.74) is 11.8. The molecule has 5 heterocycles. The number of carboxylic acid groups (broad SMARTS) is 2. The number of rotatable bonds is 9. The molecule has 3 unspecified atom stereocenters. The van der Waals surface area contributed by atoms with Crippen LogP contribution in [0, 0.1) is 0 Å². The Balaban J connectivity index is 1.39. The number of anilines is 2. The van der Waals surface area contributed by atoms with Gasteiger partial charge in [-0.1, -0.05) is 5.16 Å². The van der Waals surface area contributed by atoms with E-state index >= 15 is 0 Å². The number of hydrogen-bond acceptors (Lipinski definition) is 16. The van der Waals surface area contributed by atoms with E-state index in [1.807, 2.05) is 0 Å². The standard InChI is InChI=1S/C19H17N11O7S3/c20-6-1-7(25-30-14(6)24-27-28-30)13(38)5-3-39-17-11(16(34)29(17)12(5)18(35)36)23-15(33)10(26-37-2-9(31)32)8-4-40-19(21)22-8/h1,4,11,13,17,38H,2-3,20H2,(H2,21,22)(H,23,33)(H,31,32)(H,35,36)/b26-10+. The van der Waals surface area contributed by atoms with Crippen molar-refractivity contribution in [3.8, 4) is 0 Å². The van der Waals surface area contributed by atoms with Crippen LogP contribution in [0.2, 0.25) is 0 Å². The van der Waals surface area contributed by atoms with Crippen molar-refractivity contribution >= 4 is 81.7 Å². The second-order valence-corrected chi connectivity index (χ2v) is 10.6.